The molecule has 1 saturated heterocycles. The second-order valence-electron chi connectivity index (χ2n) is 3.65. The van der Waals surface area contributed by atoms with Gasteiger partial charge in [0.05, 0.1) is 17.6 Å². The summed E-state index contributed by atoms with van der Waals surface area (Å²) in [6.07, 6.45) is 1.55. The van der Waals surface area contributed by atoms with Crippen LogP contribution in [-0.4, -0.2) is 38.7 Å². The minimum absolute atomic E-state index is 0.0705. The van der Waals surface area contributed by atoms with Crippen molar-refractivity contribution in [2.24, 2.45) is 5.73 Å². The van der Waals surface area contributed by atoms with E-state index in [9.17, 15) is 8.42 Å². The highest BCUT2D eigenvalue weighted by atomic mass is 32.2. The molecule has 0 radical (unpaired) electrons. The molecule has 0 aromatic heterocycles. The Labute approximate surface area is 79.4 Å². The Morgan fingerprint density at radius 2 is 2.31 bits per heavy atom. The molecule has 2 unspecified atom stereocenters. The van der Waals surface area contributed by atoms with E-state index in [0.29, 0.717) is 13.2 Å². The van der Waals surface area contributed by atoms with Crippen LogP contribution in [-0.2, 0) is 14.6 Å². The molecule has 0 spiro atoms. The van der Waals surface area contributed by atoms with Crippen molar-refractivity contribution in [1.29, 1.82) is 0 Å². The molecule has 78 valence electrons. The maximum Gasteiger partial charge on any atom is 0.156 e. The highest BCUT2D eigenvalue weighted by Crippen LogP contribution is 2.15. The molecular weight excluding hydrogens is 190 g/mol. The monoisotopic (exact) mass is 207 g/mol. The van der Waals surface area contributed by atoms with Crippen molar-refractivity contribution < 1.29 is 13.2 Å². The lowest BCUT2D eigenvalue weighted by Gasteiger charge is -2.22. The normalized spacial score (nSPS) is 27.1. The van der Waals surface area contributed by atoms with Crippen molar-refractivity contribution >= 4 is 9.84 Å². The van der Waals surface area contributed by atoms with Crippen molar-refractivity contribution in [1.82, 2.24) is 0 Å². The van der Waals surface area contributed by atoms with Gasteiger partial charge in [-0.15, -0.1) is 0 Å². The fourth-order valence-electron chi connectivity index (χ4n) is 1.50. The molecule has 5 heteroatoms. The molecule has 1 heterocycles. The van der Waals surface area contributed by atoms with E-state index in [-0.39, 0.29) is 17.0 Å². The van der Waals surface area contributed by atoms with Gasteiger partial charge in [-0.05, 0) is 19.8 Å². The number of ether oxygens (including phenoxy) is 1. The first kappa shape index (κ1) is 10.9. The van der Waals surface area contributed by atoms with Crippen molar-refractivity contribution in [2.45, 2.75) is 31.1 Å². The summed E-state index contributed by atoms with van der Waals surface area (Å²) < 4.78 is 28.4. The van der Waals surface area contributed by atoms with Crippen LogP contribution in [0.3, 0.4) is 0 Å². The highest BCUT2D eigenvalue weighted by Gasteiger charge is 2.28. The van der Waals surface area contributed by atoms with Crippen LogP contribution in [0.1, 0.15) is 19.8 Å². The third-order valence-electron chi connectivity index (χ3n) is 2.12. The van der Waals surface area contributed by atoms with E-state index in [0.717, 1.165) is 12.8 Å². The maximum absolute atomic E-state index is 11.6. The van der Waals surface area contributed by atoms with E-state index in [2.05, 4.69) is 0 Å². The predicted octanol–water partition coefficient (Wildman–Crippen LogP) is -0.0726. The third-order valence-corrected chi connectivity index (χ3v) is 4.50. The molecule has 1 rings (SSSR count). The summed E-state index contributed by atoms with van der Waals surface area (Å²) in [6.45, 7) is 2.74. The first-order chi connectivity index (χ1) is 6.02. The van der Waals surface area contributed by atoms with Gasteiger partial charge in [0.15, 0.2) is 9.84 Å². The van der Waals surface area contributed by atoms with Gasteiger partial charge in [-0.1, -0.05) is 0 Å². The summed E-state index contributed by atoms with van der Waals surface area (Å²) in [5, 5.41) is -0.327. The zero-order valence-electron chi connectivity index (χ0n) is 7.90. The summed E-state index contributed by atoms with van der Waals surface area (Å²) in [5.41, 5.74) is 5.47. The molecular formula is C8H17NO3S. The fraction of sp³-hybridized carbons (Fsp3) is 1.00. The molecule has 0 aromatic carbocycles. The van der Waals surface area contributed by atoms with E-state index >= 15 is 0 Å². The van der Waals surface area contributed by atoms with Gasteiger partial charge in [-0.3, -0.25) is 0 Å². The van der Waals surface area contributed by atoms with E-state index in [1.165, 1.54) is 0 Å². The molecule has 1 aliphatic rings. The van der Waals surface area contributed by atoms with Gasteiger partial charge in [0, 0.05) is 12.6 Å². The molecule has 0 aliphatic carbocycles. The minimum Gasteiger partial charge on any atom is -0.380 e. The second-order valence-corrected chi connectivity index (χ2v) is 5.97. The van der Waals surface area contributed by atoms with Gasteiger partial charge in [-0.2, -0.15) is 0 Å². The summed E-state index contributed by atoms with van der Waals surface area (Å²) >= 11 is 0. The van der Waals surface area contributed by atoms with E-state index in [1.807, 2.05) is 0 Å². The predicted molar refractivity (Wildman–Crippen MR) is 51.3 cm³/mol. The van der Waals surface area contributed by atoms with Crippen LogP contribution in [0.5, 0.6) is 0 Å². The van der Waals surface area contributed by atoms with Gasteiger partial charge < -0.3 is 10.5 Å². The molecule has 13 heavy (non-hydrogen) atoms. The van der Waals surface area contributed by atoms with Crippen molar-refractivity contribution in [3.8, 4) is 0 Å². The van der Waals surface area contributed by atoms with Crippen LogP contribution in [0.2, 0.25) is 0 Å². The Morgan fingerprint density at radius 3 is 2.77 bits per heavy atom. The van der Waals surface area contributed by atoms with Crippen LogP contribution in [0.4, 0.5) is 0 Å². The van der Waals surface area contributed by atoms with Crippen LogP contribution in [0.25, 0.3) is 0 Å². The average Bonchev–Trinajstić information content (AvgIpc) is 2.04. The Bertz CT molecular complexity index is 242. The van der Waals surface area contributed by atoms with E-state index in [1.54, 1.807) is 6.92 Å². The van der Waals surface area contributed by atoms with Gasteiger partial charge >= 0.3 is 0 Å². The molecule has 4 nitrogen and oxygen atoms in total. The Hall–Kier alpha value is -0.130. The molecule has 2 N–H and O–H groups in total. The summed E-state index contributed by atoms with van der Waals surface area (Å²) in [6, 6.07) is -0.285. The SMILES string of the molecule is CC(N)CS(=O)(=O)C1CCCOC1. The lowest BCUT2D eigenvalue weighted by Crippen LogP contribution is -2.37. The first-order valence-corrected chi connectivity index (χ1v) is 6.29. The van der Waals surface area contributed by atoms with Gasteiger partial charge in [0.25, 0.3) is 0 Å². The maximum atomic E-state index is 11.6. The zero-order valence-corrected chi connectivity index (χ0v) is 8.72. The molecule has 1 fully saturated rings. The van der Waals surface area contributed by atoms with Crippen LogP contribution < -0.4 is 5.73 Å². The molecule has 2 atom stereocenters. The lowest BCUT2D eigenvalue weighted by atomic mass is 10.2. The number of hydrogen-bond donors (Lipinski definition) is 1. The topological polar surface area (TPSA) is 69.4 Å². The molecule has 1 aliphatic heterocycles. The Kier molecular flexibility index (Phi) is 3.70. The summed E-state index contributed by atoms with van der Waals surface area (Å²) in [4.78, 5) is 0. The van der Waals surface area contributed by atoms with Gasteiger partial charge in [-0.25, -0.2) is 8.42 Å². The smallest absolute Gasteiger partial charge is 0.156 e. The average molecular weight is 207 g/mol. The van der Waals surface area contributed by atoms with Crippen LogP contribution in [0.15, 0.2) is 0 Å². The highest BCUT2D eigenvalue weighted by molar-refractivity contribution is 7.92. The molecule has 0 saturated carbocycles. The van der Waals surface area contributed by atoms with Crippen molar-refractivity contribution in [3.05, 3.63) is 0 Å². The van der Waals surface area contributed by atoms with E-state index < -0.39 is 9.84 Å². The molecule has 0 amide bonds. The zero-order chi connectivity index (χ0) is 9.90. The van der Waals surface area contributed by atoms with Crippen LogP contribution >= 0.6 is 0 Å². The van der Waals surface area contributed by atoms with Crippen LogP contribution in [0, 0.1) is 0 Å². The fourth-order valence-corrected chi connectivity index (χ4v) is 3.33. The summed E-state index contributed by atoms with van der Waals surface area (Å²) in [5.74, 6) is 0.0705. The lowest BCUT2D eigenvalue weighted by molar-refractivity contribution is 0.0991. The molecule has 0 bridgehead atoms. The number of rotatable bonds is 3. The Balaban J connectivity index is 2.57. The Morgan fingerprint density at radius 1 is 1.62 bits per heavy atom. The number of sulfone groups is 1. The number of hydrogen-bond acceptors (Lipinski definition) is 4. The largest absolute Gasteiger partial charge is 0.380 e. The second kappa shape index (κ2) is 4.39. The van der Waals surface area contributed by atoms with Gasteiger partial charge in [0.1, 0.15) is 0 Å². The third kappa shape index (κ3) is 3.25. The minimum atomic E-state index is -3.03. The van der Waals surface area contributed by atoms with E-state index in [4.69, 9.17) is 10.5 Å². The van der Waals surface area contributed by atoms with Crippen molar-refractivity contribution in [3.63, 3.8) is 0 Å². The molecule has 0 aromatic rings. The standard InChI is InChI=1S/C8H17NO3S/c1-7(9)6-13(10,11)8-3-2-4-12-5-8/h7-8H,2-6,9H2,1H3. The number of nitrogens with two attached hydrogens (primary N) is 1. The van der Waals surface area contributed by atoms with Gasteiger partial charge in [0.2, 0.25) is 0 Å². The summed E-state index contributed by atoms with van der Waals surface area (Å²) in [7, 11) is -3.03. The quantitative estimate of drug-likeness (QED) is 0.703. The first-order valence-electron chi connectivity index (χ1n) is 4.57. The van der Waals surface area contributed by atoms with Crippen molar-refractivity contribution in [2.75, 3.05) is 19.0 Å².